The molecule has 0 aromatic heterocycles. The summed E-state index contributed by atoms with van der Waals surface area (Å²) in [6.07, 6.45) is 2.94. The highest BCUT2D eigenvalue weighted by atomic mass is 35.5. The van der Waals surface area contributed by atoms with Crippen LogP contribution in [0, 0.1) is 11.3 Å². The van der Waals surface area contributed by atoms with Gasteiger partial charge in [-0.2, -0.15) is 5.26 Å². The number of nitriles is 1. The smallest absolute Gasteiger partial charge is 0.228 e. The van der Waals surface area contributed by atoms with E-state index in [0.29, 0.717) is 38.0 Å². The Morgan fingerprint density at radius 3 is 2.22 bits per heavy atom. The van der Waals surface area contributed by atoms with Gasteiger partial charge in [0.1, 0.15) is 0 Å². The van der Waals surface area contributed by atoms with Crippen LogP contribution in [-0.2, 0) is 21.1 Å². The van der Waals surface area contributed by atoms with Crippen molar-refractivity contribution in [2.45, 2.75) is 38.5 Å². The molecule has 0 aliphatic carbocycles. The maximum absolute atomic E-state index is 12.6. The van der Waals surface area contributed by atoms with Crippen LogP contribution in [0.3, 0.4) is 0 Å². The van der Waals surface area contributed by atoms with Crippen molar-refractivity contribution in [1.29, 1.82) is 5.26 Å². The second-order valence-electron chi connectivity index (χ2n) is 8.35. The van der Waals surface area contributed by atoms with Crippen LogP contribution in [-0.4, -0.2) is 20.1 Å². The summed E-state index contributed by atoms with van der Waals surface area (Å²) in [5.74, 6) is -0.280. The molecule has 0 spiro atoms. The van der Waals surface area contributed by atoms with Gasteiger partial charge in [0, 0.05) is 11.3 Å². The number of hydrogen-bond donors (Lipinski definition) is 1. The maximum Gasteiger partial charge on any atom is 0.228 e. The molecule has 0 saturated heterocycles. The second kappa shape index (κ2) is 11.7. The zero-order valence-corrected chi connectivity index (χ0v) is 22.6. The Balaban J connectivity index is 1.80. The van der Waals surface area contributed by atoms with E-state index in [1.54, 1.807) is 37.3 Å². The Morgan fingerprint density at radius 1 is 1.03 bits per heavy atom. The highest BCUT2D eigenvalue weighted by Crippen LogP contribution is 2.38. The van der Waals surface area contributed by atoms with Crippen LogP contribution in [0.4, 0.5) is 5.69 Å². The summed E-state index contributed by atoms with van der Waals surface area (Å²) < 4.78 is 23.9. The van der Waals surface area contributed by atoms with Crippen molar-refractivity contribution in [2.75, 3.05) is 11.1 Å². The van der Waals surface area contributed by atoms with Gasteiger partial charge >= 0.3 is 0 Å². The van der Waals surface area contributed by atoms with Gasteiger partial charge in [-0.25, -0.2) is 8.42 Å². The number of carbonyl (C=O) groups excluding carboxylic acids is 1. The summed E-state index contributed by atoms with van der Waals surface area (Å²) in [6.45, 7) is 5.66. The molecule has 0 atom stereocenters. The number of nitrogens with one attached hydrogen (secondary N) is 1. The van der Waals surface area contributed by atoms with Gasteiger partial charge < -0.3 is 5.32 Å². The molecule has 0 radical (unpaired) electrons. The average Bonchev–Trinajstić information content (AvgIpc) is 2.84. The van der Waals surface area contributed by atoms with Crippen LogP contribution in [0.2, 0.25) is 10.0 Å². The number of nitrogens with zero attached hydrogens (tertiary/aromatic N) is 1. The lowest BCUT2D eigenvalue weighted by atomic mass is 9.98. The monoisotopic (exact) mass is 540 g/mol. The van der Waals surface area contributed by atoms with E-state index < -0.39 is 9.84 Å². The number of hydrogen-bond acceptors (Lipinski definition) is 4. The molecule has 0 saturated carbocycles. The molecule has 0 aliphatic heterocycles. The first kappa shape index (κ1) is 27.5. The standard InChI is InChI=1S/C28H26Cl2N2O3S/c1-4-18(3)12-20-8-9-21(14-22(20)17-31)28-25(29)15-23(16-26(28)30)32-27(33)13-19-6-10-24(11-7-19)36(34,35)5-2/h6-12,14-16H,4-5,13H2,1-3H3,(H,32,33). The molecule has 0 unspecified atom stereocenters. The summed E-state index contributed by atoms with van der Waals surface area (Å²) in [6, 6.07) is 17.2. The predicted octanol–water partition coefficient (Wildman–Crippen LogP) is 7.32. The Labute approximate surface area is 222 Å². The van der Waals surface area contributed by atoms with Crippen molar-refractivity contribution >= 4 is 50.7 Å². The second-order valence-corrected chi connectivity index (χ2v) is 11.4. The minimum Gasteiger partial charge on any atom is -0.326 e. The molecule has 3 aromatic carbocycles. The first-order valence-corrected chi connectivity index (χ1v) is 13.8. The number of amides is 1. The summed E-state index contributed by atoms with van der Waals surface area (Å²) in [7, 11) is -3.29. The number of allylic oxidation sites excluding steroid dienone is 1. The van der Waals surface area contributed by atoms with Crippen molar-refractivity contribution in [3.05, 3.63) is 86.9 Å². The molecule has 36 heavy (non-hydrogen) atoms. The molecule has 1 N–H and O–H groups in total. The Bertz CT molecular complexity index is 1450. The molecule has 186 valence electrons. The SMILES string of the molecule is CCC(C)=Cc1ccc(-c2c(Cl)cc(NC(=O)Cc3ccc(S(=O)(=O)CC)cc3)cc2Cl)cc1C#N. The van der Waals surface area contributed by atoms with Crippen LogP contribution in [0.25, 0.3) is 17.2 Å². The Hall–Kier alpha value is -3.11. The molecular formula is C28H26Cl2N2O3S. The minimum absolute atomic E-state index is 0.0158. The number of sulfone groups is 1. The molecule has 0 aliphatic rings. The third-order valence-electron chi connectivity index (χ3n) is 5.78. The van der Waals surface area contributed by atoms with E-state index in [2.05, 4.69) is 18.3 Å². The fourth-order valence-corrected chi connectivity index (χ4v) is 5.18. The third-order valence-corrected chi connectivity index (χ3v) is 8.12. The number of anilines is 1. The van der Waals surface area contributed by atoms with E-state index in [0.717, 1.165) is 17.6 Å². The zero-order chi connectivity index (χ0) is 26.5. The topological polar surface area (TPSA) is 87.0 Å². The average molecular weight is 542 g/mol. The van der Waals surface area contributed by atoms with E-state index in [4.69, 9.17) is 23.2 Å². The maximum atomic E-state index is 12.6. The van der Waals surface area contributed by atoms with Gasteiger partial charge in [0.25, 0.3) is 0 Å². The van der Waals surface area contributed by atoms with E-state index in [1.807, 2.05) is 25.1 Å². The van der Waals surface area contributed by atoms with Gasteiger partial charge in [-0.15, -0.1) is 0 Å². The number of benzene rings is 3. The van der Waals surface area contributed by atoms with Gasteiger partial charge in [-0.05, 0) is 60.4 Å². The van der Waals surface area contributed by atoms with E-state index >= 15 is 0 Å². The predicted molar refractivity (Wildman–Crippen MR) is 147 cm³/mol. The lowest BCUT2D eigenvalue weighted by molar-refractivity contribution is -0.115. The fourth-order valence-electron chi connectivity index (χ4n) is 3.59. The van der Waals surface area contributed by atoms with Crippen LogP contribution < -0.4 is 5.32 Å². The van der Waals surface area contributed by atoms with Crippen molar-refractivity contribution in [3.8, 4) is 17.2 Å². The van der Waals surface area contributed by atoms with E-state index in [1.165, 1.54) is 12.1 Å². The number of halogens is 2. The Morgan fingerprint density at radius 2 is 1.67 bits per heavy atom. The Kier molecular flexibility index (Phi) is 8.97. The molecule has 3 aromatic rings. The highest BCUT2D eigenvalue weighted by molar-refractivity contribution is 7.91. The summed E-state index contributed by atoms with van der Waals surface area (Å²) in [4.78, 5) is 12.8. The van der Waals surface area contributed by atoms with Crippen molar-refractivity contribution in [3.63, 3.8) is 0 Å². The van der Waals surface area contributed by atoms with Gasteiger partial charge in [0.05, 0.1) is 38.7 Å². The van der Waals surface area contributed by atoms with Gasteiger partial charge in [0.15, 0.2) is 9.84 Å². The molecule has 1 amide bonds. The minimum atomic E-state index is -3.29. The molecule has 5 nitrogen and oxygen atoms in total. The zero-order valence-electron chi connectivity index (χ0n) is 20.2. The molecule has 0 bridgehead atoms. The largest absolute Gasteiger partial charge is 0.326 e. The third kappa shape index (κ3) is 6.55. The summed E-state index contributed by atoms with van der Waals surface area (Å²) in [5, 5.41) is 13.1. The molecule has 8 heteroatoms. The normalized spacial score (nSPS) is 11.7. The van der Waals surface area contributed by atoms with Gasteiger partial charge in [0.2, 0.25) is 5.91 Å². The number of rotatable bonds is 8. The summed E-state index contributed by atoms with van der Waals surface area (Å²) in [5.41, 5.74) is 4.89. The highest BCUT2D eigenvalue weighted by Gasteiger charge is 2.15. The van der Waals surface area contributed by atoms with Gasteiger partial charge in [-0.1, -0.05) is 73.0 Å². The molecular weight excluding hydrogens is 515 g/mol. The van der Waals surface area contributed by atoms with Crippen LogP contribution in [0.5, 0.6) is 0 Å². The van der Waals surface area contributed by atoms with Crippen LogP contribution in [0.1, 0.15) is 43.9 Å². The van der Waals surface area contributed by atoms with Crippen LogP contribution in [0.15, 0.2) is 65.1 Å². The van der Waals surface area contributed by atoms with Crippen molar-refractivity contribution in [2.24, 2.45) is 0 Å². The van der Waals surface area contributed by atoms with Crippen molar-refractivity contribution in [1.82, 2.24) is 0 Å². The lowest BCUT2D eigenvalue weighted by Crippen LogP contribution is -2.14. The quantitative estimate of drug-likeness (QED) is 0.324. The molecule has 0 fully saturated rings. The summed E-state index contributed by atoms with van der Waals surface area (Å²) >= 11 is 13.1. The first-order valence-electron chi connectivity index (χ1n) is 11.4. The van der Waals surface area contributed by atoms with Crippen LogP contribution >= 0.6 is 23.2 Å². The number of carbonyl (C=O) groups is 1. The first-order chi connectivity index (χ1) is 17.1. The molecule has 0 heterocycles. The van der Waals surface area contributed by atoms with E-state index in [-0.39, 0.29) is 23.0 Å². The fraction of sp³-hybridized carbons (Fsp3) is 0.214. The lowest BCUT2D eigenvalue weighted by Gasteiger charge is -2.13. The van der Waals surface area contributed by atoms with Crippen molar-refractivity contribution < 1.29 is 13.2 Å². The van der Waals surface area contributed by atoms with E-state index in [9.17, 15) is 18.5 Å². The van der Waals surface area contributed by atoms with Gasteiger partial charge in [-0.3, -0.25) is 4.79 Å². The molecule has 3 rings (SSSR count).